The van der Waals surface area contributed by atoms with Crippen molar-refractivity contribution >= 4 is 11.9 Å². The summed E-state index contributed by atoms with van der Waals surface area (Å²) in [5, 5.41) is 0. The van der Waals surface area contributed by atoms with Gasteiger partial charge in [0.25, 0.3) is 0 Å². The molecule has 0 radical (unpaired) electrons. The van der Waals surface area contributed by atoms with Crippen LogP contribution in [0.2, 0.25) is 0 Å². The molecule has 6 heteroatoms. The first-order valence-electron chi connectivity index (χ1n) is 11.7. The number of carbonyl (C=O) groups excluding carboxylic acids is 2. The maximum absolute atomic E-state index is 12.4. The molecular weight excluding hydrogens is 372 g/mol. The van der Waals surface area contributed by atoms with Crippen molar-refractivity contribution in [3.63, 3.8) is 0 Å². The molecule has 2 aliphatic carbocycles. The Kier molecular flexibility index (Phi) is 6.80. The summed E-state index contributed by atoms with van der Waals surface area (Å²) in [6, 6.07) is 0. The number of fused-ring (bicyclic) bond motifs is 1. The second-order valence-electron chi connectivity index (χ2n) is 9.59. The van der Waals surface area contributed by atoms with Crippen LogP contribution in [0.4, 0.5) is 0 Å². The quantitative estimate of drug-likeness (QED) is 0.428. The van der Waals surface area contributed by atoms with Gasteiger partial charge < -0.3 is 18.9 Å². The molecule has 2 aliphatic heterocycles. The highest BCUT2D eigenvalue weighted by molar-refractivity contribution is 5.73. The molecule has 0 amide bonds. The van der Waals surface area contributed by atoms with Gasteiger partial charge in [-0.15, -0.1) is 0 Å². The molecule has 6 atom stereocenters. The van der Waals surface area contributed by atoms with Crippen LogP contribution < -0.4 is 0 Å². The highest BCUT2D eigenvalue weighted by Gasteiger charge is 2.46. The van der Waals surface area contributed by atoms with E-state index in [4.69, 9.17) is 18.9 Å². The van der Waals surface area contributed by atoms with Gasteiger partial charge in [-0.3, -0.25) is 9.59 Å². The van der Waals surface area contributed by atoms with Gasteiger partial charge in [0.15, 0.2) is 0 Å². The first kappa shape index (κ1) is 21.1. The van der Waals surface area contributed by atoms with E-state index >= 15 is 0 Å². The molecule has 6 nitrogen and oxygen atoms in total. The fourth-order valence-electron chi connectivity index (χ4n) is 5.01. The molecule has 2 heterocycles. The van der Waals surface area contributed by atoms with Crippen molar-refractivity contribution in [3.05, 3.63) is 0 Å². The molecular formula is C23H36O6. The van der Waals surface area contributed by atoms with Crippen molar-refractivity contribution in [1.82, 2.24) is 0 Å². The van der Waals surface area contributed by atoms with Crippen molar-refractivity contribution < 1.29 is 28.5 Å². The third-order valence-electron chi connectivity index (χ3n) is 7.41. The molecule has 0 aromatic rings. The van der Waals surface area contributed by atoms with Gasteiger partial charge in [-0.2, -0.15) is 0 Å². The maximum Gasteiger partial charge on any atom is 0.309 e. The lowest BCUT2D eigenvalue weighted by Gasteiger charge is -2.29. The van der Waals surface area contributed by atoms with Crippen LogP contribution in [0.25, 0.3) is 0 Å². The molecule has 4 fully saturated rings. The van der Waals surface area contributed by atoms with Crippen LogP contribution in [0, 0.1) is 23.7 Å². The summed E-state index contributed by atoms with van der Waals surface area (Å²) in [6.07, 6.45) is 9.74. The molecule has 0 bridgehead atoms. The van der Waals surface area contributed by atoms with E-state index in [1.165, 1.54) is 0 Å². The van der Waals surface area contributed by atoms with Gasteiger partial charge in [0.05, 0.1) is 49.5 Å². The Morgan fingerprint density at radius 3 is 2.17 bits per heavy atom. The molecule has 4 aliphatic rings. The summed E-state index contributed by atoms with van der Waals surface area (Å²) in [4.78, 5) is 24.7. The normalized spacial score (nSPS) is 39.2. The Morgan fingerprint density at radius 1 is 0.931 bits per heavy atom. The Balaban J connectivity index is 1.09. The van der Waals surface area contributed by atoms with E-state index in [0.717, 1.165) is 57.8 Å². The lowest BCUT2D eigenvalue weighted by molar-refractivity contribution is -0.153. The fraction of sp³-hybridized carbons (Fsp3) is 0.913. The molecule has 0 aromatic carbocycles. The summed E-state index contributed by atoms with van der Waals surface area (Å²) in [6.45, 7) is 5.14. The lowest BCUT2D eigenvalue weighted by atomic mass is 9.83. The van der Waals surface area contributed by atoms with E-state index in [1.807, 2.05) is 13.8 Å². The van der Waals surface area contributed by atoms with E-state index in [-0.39, 0.29) is 29.9 Å². The summed E-state index contributed by atoms with van der Waals surface area (Å²) >= 11 is 0. The van der Waals surface area contributed by atoms with Gasteiger partial charge in [-0.25, -0.2) is 0 Å². The molecule has 164 valence electrons. The van der Waals surface area contributed by atoms with Gasteiger partial charge in [0.1, 0.15) is 0 Å². The molecule has 0 aromatic heterocycles. The van der Waals surface area contributed by atoms with Crippen LogP contribution in [-0.2, 0) is 28.5 Å². The van der Waals surface area contributed by atoms with Gasteiger partial charge in [-0.1, -0.05) is 6.92 Å². The number of esters is 2. The van der Waals surface area contributed by atoms with Gasteiger partial charge in [0, 0.05) is 0 Å². The predicted octanol–water partition coefficient (Wildman–Crippen LogP) is 3.65. The highest BCUT2D eigenvalue weighted by atomic mass is 16.6. The van der Waals surface area contributed by atoms with E-state index in [2.05, 4.69) is 0 Å². The second-order valence-corrected chi connectivity index (χ2v) is 9.59. The topological polar surface area (TPSA) is 77.7 Å². The van der Waals surface area contributed by atoms with Crippen LogP contribution >= 0.6 is 0 Å². The minimum Gasteiger partial charge on any atom is -0.465 e. The summed E-state index contributed by atoms with van der Waals surface area (Å²) < 4.78 is 22.2. The SMILES string of the molecule is CCC(CC1OC1C)C(=O)OCC1CCC(COC(=O)C2CCC3OC3C2)CC1. The van der Waals surface area contributed by atoms with Crippen molar-refractivity contribution in [2.24, 2.45) is 23.7 Å². The Labute approximate surface area is 174 Å². The summed E-state index contributed by atoms with van der Waals surface area (Å²) in [5.41, 5.74) is 0. The number of ether oxygens (including phenoxy) is 4. The molecule has 0 N–H and O–H groups in total. The average Bonchev–Trinajstić information content (AvgIpc) is 3.65. The first-order chi connectivity index (χ1) is 14.0. The average molecular weight is 409 g/mol. The number of hydrogen-bond donors (Lipinski definition) is 0. The molecule has 0 spiro atoms. The second kappa shape index (κ2) is 9.34. The zero-order valence-corrected chi connectivity index (χ0v) is 17.8. The van der Waals surface area contributed by atoms with E-state index in [1.54, 1.807) is 0 Å². The largest absolute Gasteiger partial charge is 0.465 e. The summed E-state index contributed by atoms with van der Waals surface area (Å²) in [5.74, 6) is 0.759. The highest BCUT2D eigenvalue weighted by Crippen LogP contribution is 2.40. The summed E-state index contributed by atoms with van der Waals surface area (Å²) in [7, 11) is 0. The predicted molar refractivity (Wildman–Crippen MR) is 106 cm³/mol. The van der Waals surface area contributed by atoms with Crippen molar-refractivity contribution in [3.8, 4) is 0 Å². The van der Waals surface area contributed by atoms with Crippen molar-refractivity contribution in [2.45, 2.75) is 96.1 Å². The zero-order chi connectivity index (χ0) is 20.4. The number of epoxide rings is 2. The van der Waals surface area contributed by atoms with Gasteiger partial charge >= 0.3 is 11.9 Å². The number of hydrogen-bond acceptors (Lipinski definition) is 6. The van der Waals surface area contributed by atoms with E-state index < -0.39 is 0 Å². The maximum atomic E-state index is 12.4. The monoisotopic (exact) mass is 408 g/mol. The molecule has 29 heavy (non-hydrogen) atoms. The van der Waals surface area contributed by atoms with Crippen LogP contribution in [0.5, 0.6) is 0 Å². The van der Waals surface area contributed by atoms with Crippen molar-refractivity contribution in [1.29, 1.82) is 0 Å². The zero-order valence-electron chi connectivity index (χ0n) is 17.8. The number of rotatable bonds is 9. The fourth-order valence-corrected chi connectivity index (χ4v) is 5.01. The van der Waals surface area contributed by atoms with E-state index in [9.17, 15) is 9.59 Å². The lowest BCUT2D eigenvalue weighted by Crippen LogP contribution is -2.28. The Hall–Kier alpha value is -1.14. The molecule has 4 rings (SSSR count). The van der Waals surface area contributed by atoms with E-state index in [0.29, 0.717) is 43.4 Å². The number of carbonyl (C=O) groups is 2. The molecule has 2 saturated carbocycles. The van der Waals surface area contributed by atoms with Crippen LogP contribution in [0.15, 0.2) is 0 Å². The van der Waals surface area contributed by atoms with Gasteiger partial charge in [-0.05, 0) is 76.5 Å². The smallest absolute Gasteiger partial charge is 0.309 e. The Bertz CT molecular complexity index is 584. The third-order valence-corrected chi connectivity index (χ3v) is 7.41. The first-order valence-corrected chi connectivity index (χ1v) is 11.7. The molecule has 2 saturated heterocycles. The standard InChI is InChI=1S/C23H36O6/c1-3-17(10-20-14(2)28-20)22(24)26-12-15-4-6-16(7-5-15)13-27-23(25)18-8-9-19-21(11-18)29-19/h14-21H,3-13H2,1-2H3. The Morgan fingerprint density at radius 2 is 1.59 bits per heavy atom. The van der Waals surface area contributed by atoms with Crippen LogP contribution in [0.1, 0.15) is 71.6 Å². The minimum absolute atomic E-state index is 0.0324. The van der Waals surface area contributed by atoms with Crippen molar-refractivity contribution in [2.75, 3.05) is 13.2 Å². The van der Waals surface area contributed by atoms with Gasteiger partial charge in [0.2, 0.25) is 0 Å². The minimum atomic E-state index is -0.0689. The third kappa shape index (κ3) is 5.72. The molecule has 6 unspecified atom stereocenters. The van der Waals surface area contributed by atoms with Crippen LogP contribution in [0.3, 0.4) is 0 Å². The van der Waals surface area contributed by atoms with Crippen LogP contribution in [-0.4, -0.2) is 49.6 Å².